The fraction of sp³-hybridized carbons (Fsp3) is 0.500. The monoisotopic (exact) mass is 232 g/mol. The second kappa shape index (κ2) is 6.22. The topological polar surface area (TPSA) is 43.4 Å². The Morgan fingerprint density at radius 3 is 2.69 bits per heavy atom. The maximum Gasteiger partial charge on any atom is 0.387 e. The highest BCUT2D eigenvalue weighted by molar-refractivity contribution is 5.38. The van der Waals surface area contributed by atoms with Crippen molar-refractivity contribution in [2.45, 2.75) is 19.6 Å². The van der Waals surface area contributed by atoms with Crippen LogP contribution in [0.4, 0.5) is 14.6 Å². The molecule has 0 bridgehead atoms. The highest BCUT2D eigenvalue weighted by Crippen LogP contribution is 2.15. The molecule has 1 aromatic heterocycles. The Balaban J connectivity index is 2.50. The van der Waals surface area contributed by atoms with E-state index in [0.717, 1.165) is 0 Å². The van der Waals surface area contributed by atoms with Gasteiger partial charge in [0.2, 0.25) is 0 Å². The molecular formula is C10H14F2N2O2. The predicted octanol–water partition coefficient (Wildman–Crippen LogP) is 2.13. The number of nitrogens with one attached hydrogen (secondary N) is 1. The van der Waals surface area contributed by atoms with Gasteiger partial charge in [0.05, 0.1) is 12.8 Å². The molecule has 1 N–H and O–H groups in total. The first-order valence-corrected chi connectivity index (χ1v) is 4.78. The van der Waals surface area contributed by atoms with Crippen molar-refractivity contribution in [3.63, 3.8) is 0 Å². The molecule has 0 radical (unpaired) electrons. The van der Waals surface area contributed by atoms with E-state index in [4.69, 9.17) is 4.74 Å². The molecule has 0 aliphatic heterocycles. The molecule has 0 spiro atoms. The maximum absolute atomic E-state index is 11.8. The van der Waals surface area contributed by atoms with E-state index in [1.54, 1.807) is 13.2 Å². The molecule has 1 rings (SSSR count). The van der Waals surface area contributed by atoms with Crippen molar-refractivity contribution in [2.24, 2.45) is 0 Å². The number of ether oxygens (including phenoxy) is 2. The van der Waals surface area contributed by atoms with Gasteiger partial charge in [-0.05, 0) is 19.1 Å². The minimum absolute atomic E-state index is 0.0416. The van der Waals surface area contributed by atoms with E-state index in [1.807, 2.05) is 6.92 Å². The second-order valence-corrected chi connectivity index (χ2v) is 3.26. The minimum atomic E-state index is -2.83. The van der Waals surface area contributed by atoms with Crippen LogP contribution in [0.5, 0.6) is 5.75 Å². The Hall–Kier alpha value is -1.43. The first-order valence-electron chi connectivity index (χ1n) is 4.78. The Morgan fingerprint density at radius 2 is 2.19 bits per heavy atom. The second-order valence-electron chi connectivity index (χ2n) is 3.26. The maximum atomic E-state index is 11.8. The molecule has 0 saturated carbocycles. The van der Waals surface area contributed by atoms with E-state index in [0.29, 0.717) is 12.4 Å². The molecule has 0 fully saturated rings. The molecule has 0 aromatic carbocycles. The number of anilines is 1. The van der Waals surface area contributed by atoms with Crippen molar-refractivity contribution in [2.75, 3.05) is 19.0 Å². The summed E-state index contributed by atoms with van der Waals surface area (Å²) in [5.41, 5.74) is 0. The van der Waals surface area contributed by atoms with E-state index in [1.165, 1.54) is 12.3 Å². The molecule has 1 aromatic rings. The Morgan fingerprint density at radius 1 is 1.44 bits per heavy atom. The molecule has 6 heteroatoms. The van der Waals surface area contributed by atoms with Gasteiger partial charge >= 0.3 is 6.61 Å². The lowest BCUT2D eigenvalue weighted by Crippen LogP contribution is -2.21. The van der Waals surface area contributed by atoms with Gasteiger partial charge in [-0.15, -0.1) is 0 Å². The van der Waals surface area contributed by atoms with E-state index in [9.17, 15) is 8.78 Å². The zero-order chi connectivity index (χ0) is 12.0. The Bertz CT molecular complexity index is 306. The first kappa shape index (κ1) is 12.6. The Kier molecular flexibility index (Phi) is 4.91. The largest absolute Gasteiger partial charge is 0.433 e. The predicted molar refractivity (Wildman–Crippen MR) is 55.8 cm³/mol. The lowest BCUT2D eigenvalue weighted by Gasteiger charge is -2.13. The fourth-order valence-corrected chi connectivity index (χ4v) is 1.18. The Labute approximate surface area is 92.6 Å². The van der Waals surface area contributed by atoms with Gasteiger partial charge < -0.3 is 14.8 Å². The van der Waals surface area contributed by atoms with Crippen LogP contribution in [0.2, 0.25) is 0 Å². The minimum Gasteiger partial charge on any atom is -0.433 e. The van der Waals surface area contributed by atoms with Crippen LogP contribution in [0, 0.1) is 0 Å². The average molecular weight is 232 g/mol. The van der Waals surface area contributed by atoms with Crippen molar-refractivity contribution in [3.8, 4) is 5.75 Å². The van der Waals surface area contributed by atoms with Crippen molar-refractivity contribution in [1.82, 2.24) is 4.98 Å². The molecular weight excluding hydrogens is 218 g/mol. The first-order chi connectivity index (χ1) is 7.61. The molecule has 90 valence electrons. The summed E-state index contributed by atoms with van der Waals surface area (Å²) in [7, 11) is 1.60. The third-order valence-corrected chi connectivity index (χ3v) is 1.77. The normalized spacial score (nSPS) is 12.6. The van der Waals surface area contributed by atoms with Crippen molar-refractivity contribution < 1.29 is 18.3 Å². The number of halogens is 2. The summed E-state index contributed by atoms with van der Waals surface area (Å²) < 4.78 is 32.8. The van der Waals surface area contributed by atoms with Crippen LogP contribution in [-0.4, -0.2) is 31.4 Å². The molecule has 1 atom stereocenters. The zero-order valence-corrected chi connectivity index (χ0v) is 9.11. The summed E-state index contributed by atoms with van der Waals surface area (Å²) in [5, 5.41) is 3.04. The summed E-state index contributed by atoms with van der Waals surface area (Å²) in [6.45, 7) is -0.362. The van der Waals surface area contributed by atoms with Gasteiger partial charge in [0.1, 0.15) is 11.6 Å². The van der Waals surface area contributed by atoms with Crippen molar-refractivity contribution in [3.05, 3.63) is 18.3 Å². The summed E-state index contributed by atoms with van der Waals surface area (Å²) in [6.07, 6.45) is 1.24. The third-order valence-electron chi connectivity index (χ3n) is 1.77. The van der Waals surface area contributed by atoms with Crippen molar-refractivity contribution in [1.29, 1.82) is 0 Å². The zero-order valence-electron chi connectivity index (χ0n) is 9.11. The van der Waals surface area contributed by atoms with Crippen LogP contribution >= 0.6 is 0 Å². The van der Waals surface area contributed by atoms with Crippen LogP contribution in [0.3, 0.4) is 0 Å². The SMILES string of the molecule is COCC(C)Nc1ccc(OC(F)F)cn1. The number of rotatable bonds is 6. The highest BCUT2D eigenvalue weighted by Gasteiger charge is 2.05. The number of hydrogen-bond acceptors (Lipinski definition) is 4. The van der Waals surface area contributed by atoms with Gasteiger partial charge in [0.25, 0.3) is 0 Å². The van der Waals surface area contributed by atoms with Gasteiger partial charge in [0, 0.05) is 13.2 Å². The lowest BCUT2D eigenvalue weighted by molar-refractivity contribution is -0.0500. The molecule has 0 amide bonds. The number of pyridine rings is 1. The molecule has 4 nitrogen and oxygen atoms in total. The van der Waals surface area contributed by atoms with Crippen molar-refractivity contribution >= 4 is 5.82 Å². The van der Waals surface area contributed by atoms with Gasteiger partial charge in [-0.3, -0.25) is 0 Å². The number of hydrogen-bond donors (Lipinski definition) is 1. The number of aromatic nitrogens is 1. The molecule has 0 saturated heterocycles. The molecule has 0 aliphatic carbocycles. The van der Waals surface area contributed by atoms with E-state index in [-0.39, 0.29) is 11.8 Å². The van der Waals surface area contributed by atoms with Gasteiger partial charge in [-0.1, -0.05) is 0 Å². The summed E-state index contributed by atoms with van der Waals surface area (Å²) in [4.78, 5) is 3.93. The quantitative estimate of drug-likeness (QED) is 0.816. The van der Waals surface area contributed by atoms with Crippen LogP contribution in [0.15, 0.2) is 18.3 Å². The standard InChI is InChI=1S/C10H14F2N2O2/c1-7(6-15-2)14-9-4-3-8(5-13-9)16-10(11)12/h3-5,7,10H,6H2,1-2H3,(H,13,14). The average Bonchev–Trinajstić information content (AvgIpc) is 2.20. The van der Waals surface area contributed by atoms with Crippen LogP contribution in [-0.2, 0) is 4.74 Å². The highest BCUT2D eigenvalue weighted by atomic mass is 19.3. The fourth-order valence-electron chi connectivity index (χ4n) is 1.18. The van der Waals surface area contributed by atoms with E-state index < -0.39 is 6.61 Å². The lowest BCUT2D eigenvalue weighted by atomic mass is 10.3. The molecule has 16 heavy (non-hydrogen) atoms. The van der Waals surface area contributed by atoms with E-state index >= 15 is 0 Å². The van der Waals surface area contributed by atoms with Gasteiger partial charge in [-0.25, -0.2) is 4.98 Å². The summed E-state index contributed by atoms with van der Waals surface area (Å²) in [6, 6.07) is 3.10. The van der Waals surface area contributed by atoms with Crippen LogP contribution in [0.25, 0.3) is 0 Å². The molecule has 1 heterocycles. The molecule has 1 unspecified atom stereocenters. The summed E-state index contributed by atoms with van der Waals surface area (Å²) >= 11 is 0. The van der Waals surface area contributed by atoms with Gasteiger partial charge in [0.15, 0.2) is 0 Å². The molecule has 0 aliphatic rings. The van der Waals surface area contributed by atoms with Crippen LogP contribution < -0.4 is 10.1 Å². The number of alkyl halides is 2. The smallest absolute Gasteiger partial charge is 0.387 e. The number of nitrogens with zero attached hydrogens (tertiary/aromatic N) is 1. The van der Waals surface area contributed by atoms with Crippen LogP contribution in [0.1, 0.15) is 6.92 Å². The third kappa shape index (κ3) is 4.39. The van der Waals surface area contributed by atoms with E-state index in [2.05, 4.69) is 15.0 Å². The number of methoxy groups -OCH3 is 1. The van der Waals surface area contributed by atoms with Gasteiger partial charge in [-0.2, -0.15) is 8.78 Å². The summed E-state index contributed by atoms with van der Waals surface area (Å²) in [5.74, 6) is 0.631.